The van der Waals surface area contributed by atoms with Crippen LogP contribution >= 0.6 is 7.37 Å². The number of hydrogen-bond acceptors (Lipinski definition) is 4. The van der Waals surface area contributed by atoms with Crippen LogP contribution in [-0.2, 0) is 20.6 Å². The van der Waals surface area contributed by atoms with E-state index in [9.17, 15) is 29.3 Å². The zero-order valence-corrected chi connectivity index (χ0v) is 18.9. The van der Waals surface area contributed by atoms with Crippen molar-refractivity contribution in [3.63, 3.8) is 0 Å². The summed E-state index contributed by atoms with van der Waals surface area (Å²) in [6.45, 7) is 0.390. The van der Waals surface area contributed by atoms with Crippen LogP contribution in [0.1, 0.15) is 56.9 Å². The number of aromatic hydroxyl groups is 1. The van der Waals surface area contributed by atoms with E-state index in [-0.39, 0.29) is 17.8 Å². The van der Waals surface area contributed by atoms with E-state index in [0.717, 1.165) is 37.7 Å². The summed E-state index contributed by atoms with van der Waals surface area (Å²) in [4.78, 5) is 36.2. The maximum absolute atomic E-state index is 12.8. The summed E-state index contributed by atoms with van der Waals surface area (Å²) < 4.78 is 12.6. The van der Waals surface area contributed by atoms with Crippen molar-refractivity contribution in [1.82, 2.24) is 4.90 Å². The number of phenolic OH excluding ortho intramolecular Hbond substituents is 1. The molecule has 0 bridgehead atoms. The van der Waals surface area contributed by atoms with Crippen LogP contribution in [0.3, 0.4) is 0 Å². The van der Waals surface area contributed by atoms with Crippen LogP contribution < -0.4 is 0 Å². The van der Waals surface area contributed by atoms with Gasteiger partial charge in [-0.05, 0) is 55.2 Å². The van der Waals surface area contributed by atoms with Crippen LogP contribution in [-0.4, -0.2) is 56.8 Å². The predicted molar refractivity (Wildman–Crippen MR) is 118 cm³/mol. The summed E-state index contributed by atoms with van der Waals surface area (Å²) in [7, 11) is -3.66. The lowest BCUT2D eigenvalue weighted by molar-refractivity contribution is -0.147. The average molecular weight is 452 g/mol. The highest BCUT2D eigenvalue weighted by molar-refractivity contribution is 7.58. The number of carbonyl (C=O) groups is 2. The van der Waals surface area contributed by atoms with E-state index in [1.807, 2.05) is 12.1 Å². The van der Waals surface area contributed by atoms with Gasteiger partial charge in [0.2, 0.25) is 13.3 Å². The number of carboxylic acid groups (broad SMARTS) is 1. The Morgan fingerprint density at radius 3 is 2.35 bits per heavy atom. The fourth-order valence-electron chi connectivity index (χ4n) is 5.06. The molecular weight excluding hydrogens is 417 g/mol. The highest BCUT2D eigenvalue weighted by atomic mass is 31.2. The van der Waals surface area contributed by atoms with Crippen molar-refractivity contribution in [2.24, 2.45) is 11.8 Å². The summed E-state index contributed by atoms with van der Waals surface area (Å²) in [5.41, 5.74) is 1.04. The zero-order valence-electron chi connectivity index (χ0n) is 18.0. The fourth-order valence-corrected chi connectivity index (χ4v) is 6.54. The number of likely N-dealkylation sites (tertiary alicyclic amines) is 1. The van der Waals surface area contributed by atoms with Crippen molar-refractivity contribution in [1.29, 1.82) is 0 Å². The number of unbranched alkanes of at least 4 members (excludes halogenated alkanes) is 1. The van der Waals surface area contributed by atoms with Crippen LogP contribution in [0.15, 0.2) is 24.3 Å². The number of rotatable bonds is 9. The number of amides is 1. The average Bonchev–Trinajstić information content (AvgIpc) is 3.19. The number of carbonyl (C=O) groups excluding carboxylic acids is 1. The number of carboxylic acids is 1. The molecule has 7 nitrogen and oxygen atoms in total. The van der Waals surface area contributed by atoms with Gasteiger partial charge in [0.05, 0.1) is 0 Å². The summed E-state index contributed by atoms with van der Waals surface area (Å²) in [5, 5.41) is 18.9. The smallest absolute Gasteiger partial charge is 0.326 e. The normalized spacial score (nSPS) is 24.1. The molecule has 1 saturated heterocycles. The van der Waals surface area contributed by atoms with Crippen LogP contribution in [0.25, 0.3) is 0 Å². The maximum Gasteiger partial charge on any atom is 0.326 e. The number of nitrogens with zero attached hydrogens (tertiary/aromatic N) is 1. The van der Waals surface area contributed by atoms with Gasteiger partial charge in [-0.2, -0.15) is 0 Å². The first-order valence-corrected chi connectivity index (χ1v) is 13.4. The van der Waals surface area contributed by atoms with Gasteiger partial charge in [-0.25, -0.2) is 4.79 Å². The molecule has 1 amide bonds. The Hall–Kier alpha value is -1.85. The molecule has 1 aromatic carbocycles. The number of aliphatic carboxylic acids is 1. The number of hydrogen-bond donors (Lipinski definition) is 3. The van der Waals surface area contributed by atoms with Gasteiger partial charge in [-0.1, -0.05) is 44.2 Å². The van der Waals surface area contributed by atoms with E-state index in [1.54, 1.807) is 12.1 Å². The molecule has 172 valence electrons. The largest absolute Gasteiger partial charge is 0.508 e. The third kappa shape index (κ3) is 6.81. The van der Waals surface area contributed by atoms with Gasteiger partial charge in [-0.15, -0.1) is 0 Å². The highest BCUT2D eigenvalue weighted by Crippen LogP contribution is 2.43. The number of phenols is 1. The van der Waals surface area contributed by atoms with Gasteiger partial charge < -0.3 is 20.0 Å². The first kappa shape index (κ1) is 23.8. The first-order chi connectivity index (χ1) is 14.7. The predicted octanol–water partition coefficient (Wildman–Crippen LogP) is 3.87. The highest BCUT2D eigenvalue weighted by Gasteiger charge is 2.43. The summed E-state index contributed by atoms with van der Waals surface area (Å²) in [5.74, 6) is -0.694. The van der Waals surface area contributed by atoms with E-state index in [1.165, 1.54) is 11.3 Å². The molecule has 31 heavy (non-hydrogen) atoms. The Morgan fingerprint density at radius 1 is 1.03 bits per heavy atom. The first-order valence-electron chi connectivity index (χ1n) is 11.4. The van der Waals surface area contributed by atoms with Crippen molar-refractivity contribution in [2.75, 3.05) is 18.9 Å². The van der Waals surface area contributed by atoms with Gasteiger partial charge in [0, 0.05) is 12.7 Å². The van der Waals surface area contributed by atoms with Crippen LogP contribution in [0, 0.1) is 11.8 Å². The van der Waals surface area contributed by atoms with Crippen molar-refractivity contribution in [3.8, 4) is 5.75 Å². The lowest BCUT2D eigenvalue weighted by atomic mass is 9.79. The van der Waals surface area contributed by atoms with Crippen molar-refractivity contribution in [3.05, 3.63) is 29.8 Å². The number of benzene rings is 1. The molecule has 1 aromatic rings. The van der Waals surface area contributed by atoms with Gasteiger partial charge in [-0.3, -0.25) is 9.36 Å². The molecule has 2 fully saturated rings. The minimum atomic E-state index is -3.66. The molecule has 0 spiro atoms. The fraction of sp³-hybridized carbons (Fsp3) is 0.652. The summed E-state index contributed by atoms with van der Waals surface area (Å²) in [6, 6.07) is 5.98. The molecule has 0 aromatic heterocycles. The van der Waals surface area contributed by atoms with Crippen LogP contribution in [0.2, 0.25) is 0 Å². The quantitative estimate of drug-likeness (QED) is 0.388. The molecule has 3 N–H and O–H groups in total. The molecular formula is C23H34NO6P. The monoisotopic (exact) mass is 451 g/mol. The summed E-state index contributed by atoms with van der Waals surface area (Å²) >= 11 is 0. The Labute approximate surface area is 183 Å². The Bertz CT molecular complexity index is 805. The Balaban J connectivity index is 1.49. The number of aryl methyl sites for hydroxylation is 1. The molecule has 2 aliphatic rings. The van der Waals surface area contributed by atoms with E-state index in [2.05, 4.69) is 0 Å². The molecule has 1 heterocycles. The van der Waals surface area contributed by atoms with Crippen LogP contribution in [0.4, 0.5) is 0 Å². The third-order valence-electron chi connectivity index (χ3n) is 6.80. The van der Waals surface area contributed by atoms with Crippen molar-refractivity contribution in [2.45, 2.75) is 63.8 Å². The second-order valence-electron chi connectivity index (χ2n) is 9.15. The van der Waals surface area contributed by atoms with Crippen LogP contribution in [0.5, 0.6) is 5.75 Å². The zero-order chi connectivity index (χ0) is 22.4. The summed E-state index contributed by atoms with van der Waals surface area (Å²) in [6.07, 6.45) is 7.65. The molecule has 3 atom stereocenters. The second kappa shape index (κ2) is 10.6. The van der Waals surface area contributed by atoms with Gasteiger partial charge >= 0.3 is 5.97 Å². The molecule has 3 rings (SSSR count). The third-order valence-corrected chi connectivity index (χ3v) is 8.58. The minimum absolute atomic E-state index is 0.0501. The van der Waals surface area contributed by atoms with E-state index >= 15 is 0 Å². The van der Waals surface area contributed by atoms with E-state index < -0.39 is 31.4 Å². The topological polar surface area (TPSA) is 115 Å². The van der Waals surface area contributed by atoms with Gasteiger partial charge in [0.15, 0.2) is 0 Å². The van der Waals surface area contributed by atoms with Gasteiger partial charge in [0.1, 0.15) is 18.0 Å². The minimum Gasteiger partial charge on any atom is -0.508 e. The Morgan fingerprint density at radius 2 is 1.71 bits per heavy atom. The SMILES string of the molecule is O=C(O)C1CC(C2CCCCC2)CN1C(=O)CP(=O)(O)CCCCc1ccc(O)cc1. The molecule has 1 aliphatic heterocycles. The molecule has 8 heteroatoms. The van der Waals surface area contributed by atoms with Gasteiger partial charge in [0.25, 0.3) is 0 Å². The maximum atomic E-state index is 12.8. The molecule has 0 radical (unpaired) electrons. The molecule has 1 saturated carbocycles. The molecule has 3 unspecified atom stereocenters. The van der Waals surface area contributed by atoms with E-state index in [0.29, 0.717) is 31.7 Å². The lowest BCUT2D eigenvalue weighted by Gasteiger charge is -2.27. The standard InChI is InChI=1S/C23H34NO6P/c25-20-11-9-17(10-12-20)6-4-5-13-31(29,30)16-22(26)24-15-19(14-21(24)23(27)28)18-7-2-1-3-8-18/h9-12,18-19,21,25H,1-8,13-16H2,(H,27,28)(H,29,30). The van der Waals surface area contributed by atoms with E-state index in [4.69, 9.17) is 0 Å². The van der Waals surface area contributed by atoms with Crippen molar-refractivity contribution >= 4 is 19.2 Å². The Kier molecular flexibility index (Phi) is 8.17. The lowest BCUT2D eigenvalue weighted by Crippen LogP contribution is -2.42. The van der Waals surface area contributed by atoms with Crippen molar-refractivity contribution < 1.29 is 29.3 Å². The second-order valence-corrected chi connectivity index (χ2v) is 11.6. The molecule has 1 aliphatic carbocycles.